The Hall–Kier alpha value is -2.06. The maximum absolute atomic E-state index is 10.8. The van der Waals surface area contributed by atoms with E-state index in [1.807, 2.05) is 0 Å². The Morgan fingerprint density at radius 2 is 1.89 bits per heavy atom. The molecule has 0 atom stereocenters. The summed E-state index contributed by atoms with van der Waals surface area (Å²) in [5.41, 5.74) is 0.993. The van der Waals surface area contributed by atoms with Gasteiger partial charge in [0.1, 0.15) is 0 Å². The molecule has 2 aromatic rings. The molecule has 0 aliphatic heterocycles. The van der Waals surface area contributed by atoms with Crippen molar-refractivity contribution in [2.75, 3.05) is 11.9 Å². The highest BCUT2D eigenvalue weighted by Gasteiger charge is 2.08. The molecule has 0 aliphatic rings. The normalized spacial score (nSPS) is 10.2. The van der Waals surface area contributed by atoms with E-state index in [4.69, 9.17) is 29.5 Å². The van der Waals surface area contributed by atoms with Gasteiger partial charge in [-0.2, -0.15) is 4.98 Å². The number of carboxylic acid groups (broad SMARTS) is 1. The van der Waals surface area contributed by atoms with Crippen LogP contribution in [-0.2, 0) is 0 Å². The number of rotatable bonds is 3. The molecule has 0 unspecified atom stereocenters. The fraction of sp³-hybridized carbons (Fsp3) is 0.0909. The lowest BCUT2D eigenvalue weighted by atomic mass is 10.2. The number of hydrogen-bond donors (Lipinski definition) is 3. The summed E-state index contributed by atoms with van der Waals surface area (Å²) in [6.07, 6.45) is 0. The summed E-state index contributed by atoms with van der Waals surface area (Å²) in [6.45, 7) is 0. The lowest BCUT2D eigenvalue weighted by molar-refractivity contribution is 0.0697. The van der Waals surface area contributed by atoms with Crippen LogP contribution < -0.4 is 4.90 Å². The molecule has 0 saturated carbocycles. The minimum Gasteiger partial charge on any atom is -0.478 e. The first-order valence-electron chi connectivity index (χ1n) is 5.25. The summed E-state index contributed by atoms with van der Waals surface area (Å²) in [6, 6.07) is 6.41. The third-order valence-corrected chi connectivity index (χ3v) is 2.87. The minimum absolute atomic E-state index is 0.225. The first kappa shape index (κ1) is 13.4. The van der Waals surface area contributed by atoms with Gasteiger partial charge in [0.05, 0.1) is 5.56 Å². The van der Waals surface area contributed by atoms with Gasteiger partial charge in [0, 0.05) is 12.7 Å². The SMILES string of the molecule is CN(c1ccc(C(=O)O)cc1)c1nc(=S)[nH]c(=S)[nH]1. The molecule has 0 aliphatic carbocycles. The Kier molecular flexibility index (Phi) is 3.72. The number of nitrogens with zero attached hydrogens (tertiary/aromatic N) is 2. The van der Waals surface area contributed by atoms with Crippen molar-refractivity contribution in [3.05, 3.63) is 39.4 Å². The van der Waals surface area contributed by atoms with Gasteiger partial charge in [-0.1, -0.05) is 0 Å². The number of hydrogen-bond acceptors (Lipinski definition) is 5. The molecule has 98 valence electrons. The zero-order valence-corrected chi connectivity index (χ0v) is 11.5. The van der Waals surface area contributed by atoms with E-state index in [0.29, 0.717) is 10.7 Å². The first-order valence-corrected chi connectivity index (χ1v) is 6.07. The molecule has 0 bridgehead atoms. The molecule has 0 radical (unpaired) electrons. The summed E-state index contributed by atoms with van der Waals surface area (Å²) in [4.78, 5) is 22.2. The molecule has 6 nitrogen and oxygen atoms in total. The van der Waals surface area contributed by atoms with E-state index in [1.165, 1.54) is 12.1 Å². The number of carboxylic acids is 1. The molecule has 8 heteroatoms. The van der Waals surface area contributed by atoms with Gasteiger partial charge in [0.2, 0.25) is 10.7 Å². The van der Waals surface area contributed by atoms with Crippen molar-refractivity contribution in [2.24, 2.45) is 0 Å². The van der Waals surface area contributed by atoms with E-state index in [1.54, 1.807) is 24.1 Å². The number of benzene rings is 1. The van der Waals surface area contributed by atoms with E-state index in [-0.39, 0.29) is 10.3 Å². The van der Waals surface area contributed by atoms with E-state index in [0.717, 1.165) is 5.69 Å². The van der Waals surface area contributed by atoms with Crippen LogP contribution in [-0.4, -0.2) is 33.1 Å². The number of aromatic nitrogens is 3. The largest absolute Gasteiger partial charge is 0.478 e. The number of aromatic amines is 2. The fourth-order valence-corrected chi connectivity index (χ4v) is 1.93. The second-order valence-electron chi connectivity index (χ2n) is 3.73. The maximum Gasteiger partial charge on any atom is 0.335 e. The van der Waals surface area contributed by atoms with E-state index >= 15 is 0 Å². The van der Waals surface area contributed by atoms with Crippen molar-refractivity contribution in [1.29, 1.82) is 0 Å². The zero-order valence-electron chi connectivity index (χ0n) is 9.88. The molecule has 2 rings (SSSR count). The van der Waals surface area contributed by atoms with Crippen LogP contribution in [0.1, 0.15) is 10.4 Å². The number of nitrogens with one attached hydrogen (secondary N) is 2. The minimum atomic E-state index is -0.964. The van der Waals surface area contributed by atoms with Gasteiger partial charge in [-0.3, -0.25) is 0 Å². The third-order valence-electron chi connectivity index (χ3n) is 2.47. The standard InChI is InChI=1S/C11H10N4O2S2/c1-15(9-12-10(18)14-11(19)13-9)7-4-2-6(3-5-7)8(16)17/h2-5H,1H3,(H,16,17)(H2,12,13,14,18,19). The monoisotopic (exact) mass is 294 g/mol. The average molecular weight is 294 g/mol. The lowest BCUT2D eigenvalue weighted by Crippen LogP contribution is -2.14. The van der Waals surface area contributed by atoms with Gasteiger partial charge in [-0.25, -0.2) is 4.79 Å². The summed E-state index contributed by atoms with van der Waals surface area (Å²) in [5, 5.41) is 8.84. The zero-order chi connectivity index (χ0) is 14.0. The van der Waals surface area contributed by atoms with Crippen LogP contribution in [0.2, 0.25) is 0 Å². The van der Waals surface area contributed by atoms with E-state index in [9.17, 15) is 4.79 Å². The highest BCUT2D eigenvalue weighted by atomic mass is 32.1. The fourth-order valence-electron chi connectivity index (χ4n) is 1.49. The van der Waals surface area contributed by atoms with Crippen LogP contribution in [0.15, 0.2) is 24.3 Å². The number of anilines is 2. The van der Waals surface area contributed by atoms with Crippen molar-refractivity contribution < 1.29 is 9.90 Å². The summed E-state index contributed by atoms with van der Waals surface area (Å²) in [5.74, 6) is -0.481. The van der Waals surface area contributed by atoms with Gasteiger partial charge in [0.15, 0.2) is 4.77 Å². The molecule has 0 fully saturated rings. The molecule has 3 N–H and O–H groups in total. The van der Waals surface area contributed by atoms with Crippen LogP contribution in [0.5, 0.6) is 0 Å². The summed E-state index contributed by atoms with van der Waals surface area (Å²) < 4.78 is 0.664. The highest BCUT2D eigenvalue weighted by molar-refractivity contribution is 7.71. The van der Waals surface area contributed by atoms with Gasteiger partial charge in [-0.05, 0) is 48.7 Å². The van der Waals surface area contributed by atoms with E-state index in [2.05, 4.69) is 15.0 Å². The Morgan fingerprint density at radius 1 is 1.26 bits per heavy atom. The predicted molar refractivity (Wildman–Crippen MR) is 76.1 cm³/mol. The Labute approximate surface area is 118 Å². The highest BCUT2D eigenvalue weighted by Crippen LogP contribution is 2.19. The third kappa shape index (κ3) is 3.04. The van der Waals surface area contributed by atoms with Crippen molar-refractivity contribution in [1.82, 2.24) is 15.0 Å². The molecule has 0 amide bonds. The van der Waals surface area contributed by atoms with Gasteiger partial charge >= 0.3 is 5.97 Å². The Bertz CT molecular complexity index is 692. The van der Waals surface area contributed by atoms with Gasteiger partial charge in [0.25, 0.3) is 0 Å². The van der Waals surface area contributed by atoms with Crippen molar-refractivity contribution >= 4 is 42.0 Å². The van der Waals surface area contributed by atoms with Crippen molar-refractivity contribution in [2.45, 2.75) is 0 Å². The van der Waals surface area contributed by atoms with Crippen LogP contribution in [0.3, 0.4) is 0 Å². The molecule has 0 saturated heterocycles. The Balaban J connectivity index is 2.38. The molecule has 1 aromatic heterocycles. The summed E-state index contributed by atoms with van der Waals surface area (Å²) in [7, 11) is 1.78. The van der Waals surface area contributed by atoms with Crippen LogP contribution in [0.25, 0.3) is 0 Å². The van der Waals surface area contributed by atoms with Crippen molar-refractivity contribution in [3.63, 3.8) is 0 Å². The summed E-state index contributed by atoms with van der Waals surface area (Å²) >= 11 is 9.94. The molecule has 0 spiro atoms. The molecule has 1 aromatic carbocycles. The second-order valence-corrected chi connectivity index (χ2v) is 4.53. The number of H-pyrrole nitrogens is 2. The lowest BCUT2D eigenvalue weighted by Gasteiger charge is -2.17. The second kappa shape index (κ2) is 5.29. The average Bonchev–Trinajstić information content (AvgIpc) is 2.37. The van der Waals surface area contributed by atoms with Crippen LogP contribution in [0.4, 0.5) is 11.6 Å². The molecule has 1 heterocycles. The quantitative estimate of drug-likeness (QED) is 0.755. The smallest absolute Gasteiger partial charge is 0.335 e. The number of aromatic carboxylic acids is 1. The first-order chi connectivity index (χ1) is 8.97. The van der Waals surface area contributed by atoms with Gasteiger partial charge in [-0.15, -0.1) is 0 Å². The van der Waals surface area contributed by atoms with E-state index < -0.39 is 5.97 Å². The maximum atomic E-state index is 10.8. The van der Waals surface area contributed by atoms with Crippen LogP contribution in [0, 0.1) is 9.54 Å². The Morgan fingerprint density at radius 3 is 2.42 bits per heavy atom. The van der Waals surface area contributed by atoms with Crippen LogP contribution >= 0.6 is 24.4 Å². The number of carbonyl (C=O) groups is 1. The predicted octanol–water partition coefficient (Wildman–Crippen LogP) is 2.66. The van der Waals surface area contributed by atoms with Gasteiger partial charge < -0.3 is 20.0 Å². The molecule has 19 heavy (non-hydrogen) atoms. The van der Waals surface area contributed by atoms with Crippen molar-refractivity contribution in [3.8, 4) is 0 Å². The molecular formula is C11H10N4O2S2. The topological polar surface area (TPSA) is 85.0 Å². The molecular weight excluding hydrogens is 284 g/mol.